The molecule has 3 rings (SSSR count). The summed E-state index contributed by atoms with van der Waals surface area (Å²) in [6, 6.07) is 17.6. The number of nitrogens with one attached hydrogen (secondary N) is 3. The van der Waals surface area contributed by atoms with Crippen molar-refractivity contribution in [1.29, 1.82) is 0 Å². The van der Waals surface area contributed by atoms with E-state index in [0.29, 0.717) is 13.2 Å². The van der Waals surface area contributed by atoms with E-state index in [9.17, 15) is 4.79 Å². The van der Waals surface area contributed by atoms with Gasteiger partial charge in [0, 0.05) is 5.02 Å². The van der Waals surface area contributed by atoms with Crippen LogP contribution in [0.3, 0.4) is 0 Å². The number of carbonyl (C=O) groups is 1. The number of ether oxygens (including phenoxy) is 1. The fourth-order valence-corrected chi connectivity index (χ4v) is 3.70. The fraction of sp³-hybridized carbons (Fsp3) is 0.409. The molecule has 1 aliphatic rings. The number of halogens is 1. The van der Waals surface area contributed by atoms with Crippen molar-refractivity contribution in [3.63, 3.8) is 0 Å². The molecule has 6 heteroatoms. The Morgan fingerprint density at radius 2 is 1.68 bits per heavy atom. The van der Waals surface area contributed by atoms with Gasteiger partial charge in [-0.1, -0.05) is 41.9 Å². The number of carbonyl (C=O) groups excluding carboxylic acids is 1. The highest BCUT2D eigenvalue weighted by Gasteiger charge is 2.25. The van der Waals surface area contributed by atoms with E-state index in [1.54, 1.807) is 0 Å². The Kier molecular flexibility index (Phi) is 7.71. The van der Waals surface area contributed by atoms with E-state index in [0.717, 1.165) is 49.1 Å². The maximum absolute atomic E-state index is 12.4. The SMILES string of the molecule is C[C@@H](NC(=O)C[NH+]1CC[NH+](CCOc2ccc(Cl)cc2)CC1)c1ccccc1. The lowest BCUT2D eigenvalue weighted by Crippen LogP contribution is -3.28. The smallest absolute Gasteiger partial charge is 0.275 e. The topological polar surface area (TPSA) is 47.2 Å². The van der Waals surface area contributed by atoms with Crippen molar-refractivity contribution in [2.24, 2.45) is 0 Å². The van der Waals surface area contributed by atoms with Gasteiger partial charge in [-0.25, -0.2) is 0 Å². The molecule has 0 bridgehead atoms. The van der Waals surface area contributed by atoms with Crippen molar-refractivity contribution >= 4 is 17.5 Å². The molecular weight excluding hydrogens is 374 g/mol. The van der Waals surface area contributed by atoms with Gasteiger partial charge < -0.3 is 19.9 Å². The highest BCUT2D eigenvalue weighted by molar-refractivity contribution is 6.30. The molecule has 1 atom stereocenters. The van der Waals surface area contributed by atoms with E-state index in [1.807, 2.05) is 61.5 Å². The standard InChI is InChI=1S/C22H28ClN3O2/c1-18(19-5-3-2-4-6-19)24-22(27)17-26-13-11-25(12-14-26)15-16-28-21-9-7-20(23)8-10-21/h2-10,18H,11-17H2,1H3,(H,24,27)/p+2/t18-/m1/s1. The van der Waals surface area contributed by atoms with Crippen LogP contribution in [-0.2, 0) is 4.79 Å². The predicted molar refractivity (Wildman–Crippen MR) is 111 cm³/mol. The molecule has 0 radical (unpaired) electrons. The van der Waals surface area contributed by atoms with Crippen molar-refractivity contribution in [3.8, 4) is 5.75 Å². The van der Waals surface area contributed by atoms with Crippen LogP contribution in [0.1, 0.15) is 18.5 Å². The molecule has 1 amide bonds. The Bertz CT molecular complexity index is 731. The van der Waals surface area contributed by atoms with Crippen molar-refractivity contribution in [2.75, 3.05) is 45.9 Å². The maximum Gasteiger partial charge on any atom is 0.275 e. The summed E-state index contributed by atoms with van der Waals surface area (Å²) in [7, 11) is 0. The van der Waals surface area contributed by atoms with Gasteiger partial charge in [-0.3, -0.25) is 4.79 Å². The molecule has 1 fully saturated rings. The molecule has 0 saturated carbocycles. The minimum absolute atomic E-state index is 0.0463. The fourth-order valence-electron chi connectivity index (χ4n) is 3.57. The summed E-state index contributed by atoms with van der Waals surface area (Å²) in [6.07, 6.45) is 0. The molecule has 5 nitrogen and oxygen atoms in total. The van der Waals surface area contributed by atoms with Crippen LogP contribution >= 0.6 is 11.6 Å². The Hall–Kier alpha value is -2.08. The van der Waals surface area contributed by atoms with Gasteiger partial charge in [0.25, 0.3) is 5.91 Å². The van der Waals surface area contributed by atoms with Crippen molar-refractivity contribution in [2.45, 2.75) is 13.0 Å². The van der Waals surface area contributed by atoms with Crippen LogP contribution in [0.5, 0.6) is 5.75 Å². The van der Waals surface area contributed by atoms with E-state index in [-0.39, 0.29) is 11.9 Å². The monoisotopic (exact) mass is 403 g/mol. The second-order valence-electron chi connectivity index (χ2n) is 7.43. The van der Waals surface area contributed by atoms with Crippen LogP contribution < -0.4 is 19.9 Å². The Morgan fingerprint density at radius 3 is 2.36 bits per heavy atom. The summed E-state index contributed by atoms with van der Waals surface area (Å²) in [4.78, 5) is 15.3. The first-order valence-corrected chi connectivity index (χ1v) is 10.4. The molecule has 0 aliphatic carbocycles. The van der Waals surface area contributed by atoms with E-state index < -0.39 is 0 Å². The lowest BCUT2D eigenvalue weighted by molar-refractivity contribution is -1.01. The van der Waals surface area contributed by atoms with E-state index in [1.165, 1.54) is 9.80 Å². The molecule has 1 heterocycles. The van der Waals surface area contributed by atoms with Crippen LogP contribution in [-0.4, -0.2) is 51.8 Å². The number of hydrogen-bond donors (Lipinski definition) is 3. The van der Waals surface area contributed by atoms with E-state index in [2.05, 4.69) is 5.32 Å². The van der Waals surface area contributed by atoms with Crippen molar-refractivity contribution in [3.05, 3.63) is 65.2 Å². The maximum atomic E-state index is 12.4. The summed E-state index contributed by atoms with van der Waals surface area (Å²) in [5.74, 6) is 0.984. The quantitative estimate of drug-likeness (QED) is 0.597. The molecule has 150 valence electrons. The zero-order valence-corrected chi connectivity index (χ0v) is 17.2. The van der Waals surface area contributed by atoms with Gasteiger partial charge in [-0.15, -0.1) is 0 Å². The number of benzene rings is 2. The van der Waals surface area contributed by atoms with Crippen LogP contribution in [0, 0.1) is 0 Å². The van der Waals surface area contributed by atoms with Crippen molar-refractivity contribution < 1.29 is 19.3 Å². The second kappa shape index (κ2) is 10.5. The summed E-state index contributed by atoms with van der Waals surface area (Å²) in [6.45, 7) is 8.43. The van der Waals surface area contributed by atoms with E-state index >= 15 is 0 Å². The van der Waals surface area contributed by atoms with Gasteiger partial charge in [0.15, 0.2) is 6.54 Å². The number of quaternary nitrogens is 2. The molecule has 0 unspecified atom stereocenters. The van der Waals surface area contributed by atoms with Crippen molar-refractivity contribution in [1.82, 2.24) is 5.32 Å². The lowest BCUT2D eigenvalue weighted by Gasteiger charge is -2.29. The zero-order valence-electron chi connectivity index (χ0n) is 16.4. The Labute approximate surface area is 172 Å². The first-order valence-electron chi connectivity index (χ1n) is 10.00. The van der Waals surface area contributed by atoms with Crippen LogP contribution in [0.2, 0.25) is 5.02 Å². The van der Waals surface area contributed by atoms with Gasteiger partial charge >= 0.3 is 0 Å². The number of rotatable bonds is 8. The van der Waals surface area contributed by atoms with Crippen LogP contribution in [0.15, 0.2) is 54.6 Å². The Morgan fingerprint density at radius 1 is 1.04 bits per heavy atom. The first kappa shape index (κ1) is 20.6. The summed E-state index contributed by atoms with van der Waals surface area (Å²) in [5.41, 5.74) is 1.14. The lowest BCUT2D eigenvalue weighted by atomic mass is 10.1. The average Bonchev–Trinajstić information content (AvgIpc) is 2.71. The highest BCUT2D eigenvalue weighted by Crippen LogP contribution is 2.15. The van der Waals surface area contributed by atoms with Gasteiger partial charge in [0.2, 0.25) is 0 Å². The number of hydrogen-bond acceptors (Lipinski definition) is 2. The molecule has 3 N–H and O–H groups in total. The highest BCUT2D eigenvalue weighted by atomic mass is 35.5. The summed E-state index contributed by atoms with van der Waals surface area (Å²) < 4.78 is 5.79. The Balaban J connectivity index is 1.32. The molecule has 28 heavy (non-hydrogen) atoms. The largest absolute Gasteiger partial charge is 0.488 e. The summed E-state index contributed by atoms with van der Waals surface area (Å²) in [5, 5.41) is 3.84. The van der Waals surface area contributed by atoms with Crippen LogP contribution in [0.25, 0.3) is 0 Å². The van der Waals surface area contributed by atoms with E-state index in [4.69, 9.17) is 16.3 Å². The molecular formula is C22H30ClN3O2+2. The van der Waals surface area contributed by atoms with Gasteiger partial charge in [-0.2, -0.15) is 0 Å². The van der Waals surface area contributed by atoms with Crippen LogP contribution in [0.4, 0.5) is 0 Å². The first-order chi connectivity index (χ1) is 13.6. The molecule has 0 aromatic heterocycles. The van der Waals surface area contributed by atoms with Gasteiger partial charge in [-0.05, 0) is 36.8 Å². The summed E-state index contributed by atoms with van der Waals surface area (Å²) >= 11 is 5.89. The predicted octanol–water partition coefficient (Wildman–Crippen LogP) is 0.380. The molecule has 1 aliphatic heterocycles. The normalized spacial score (nSPS) is 20.4. The van der Waals surface area contributed by atoms with Gasteiger partial charge in [0.05, 0.1) is 6.04 Å². The minimum atomic E-state index is 0.0463. The number of amides is 1. The van der Waals surface area contributed by atoms with Gasteiger partial charge in [0.1, 0.15) is 45.1 Å². The second-order valence-corrected chi connectivity index (χ2v) is 7.87. The molecule has 2 aromatic rings. The molecule has 0 spiro atoms. The zero-order chi connectivity index (χ0) is 19.8. The molecule has 1 saturated heterocycles. The molecule has 2 aromatic carbocycles. The number of piperazine rings is 1. The average molecular weight is 404 g/mol. The third kappa shape index (κ3) is 6.51. The third-order valence-electron chi connectivity index (χ3n) is 5.29. The minimum Gasteiger partial charge on any atom is -0.488 e. The third-order valence-corrected chi connectivity index (χ3v) is 5.54.